The molecule has 1 saturated heterocycles. The van der Waals surface area contributed by atoms with Crippen molar-refractivity contribution >= 4 is 17.0 Å². The van der Waals surface area contributed by atoms with Gasteiger partial charge < -0.3 is 19.5 Å². The molecule has 1 atom stereocenters. The lowest BCUT2D eigenvalue weighted by atomic mass is 10.0. The largest absolute Gasteiger partial charge is 0.378 e. The summed E-state index contributed by atoms with van der Waals surface area (Å²) in [6, 6.07) is 9.64. The number of morpholine rings is 1. The second-order valence-corrected chi connectivity index (χ2v) is 7.77. The van der Waals surface area contributed by atoms with Crippen molar-refractivity contribution in [2.45, 2.75) is 26.4 Å². The normalized spacial score (nSPS) is 15.9. The Balaban J connectivity index is 1.58. The zero-order valence-electron chi connectivity index (χ0n) is 17.2. The van der Waals surface area contributed by atoms with Gasteiger partial charge in [0.2, 0.25) is 5.95 Å². The van der Waals surface area contributed by atoms with E-state index in [0.29, 0.717) is 25.7 Å². The Morgan fingerprint density at radius 2 is 1.97 bits per heavy atom. The summed E-state index contributed by atoms with van der Waals surface area (Å²) in [7, 11) is 2.03. The number of nitrogens with one attached hydrogen (secondary N) is 2. The predicted molar refractivity (Wildman–Crippen MR) is 113 cm³/mol. The molecule has 2 N–H and O–H groups in total. The van der Waals surface area contributed by atoms with E-state index in [1.54, 1.807) is 6.07 Å². The van der Waals surface area contributed by atoms with E-state index in [0.717, 1.165) is 35.6 Å². The van der Waals surface area contributed by atoms with Crippen molar-refractivity contribution in [3.63, 3.8) is 0 Å². The van der Waals surface area contributed by atoms with Gasteiger partial charge in [-0.1, -0.05) is 26.0 Å². The third kappa shape index (κ3) is 4.18. The first-order valence-corrected chi connectivity index (χ1v) is 10.1. The van der Waals surface area contributed by atoms with Gasteiger partial charge in [-0.3, -0.25) is 9.78 Å². The van der Waals surface area contributed by atoms with Crippen molar-refractivity contribution in [1.29, 1.82) is 0 Å². The molecule has 1 fully saturated rings. The molecule has 2 aromatic heterocycles. The molecule has 0 bridgehead atoms. The van der Waals surface area contributed by atoms with Gasteiger partial charge in [-0.15, -0.1) is 0 Å². The zero-order valence-corrected chi connectivity index (χ0v) is 17.2. The van der Waals surface area contributed by atoms with Gasteiger partial charge in [0.25, 0.3) is 5.56 Å². The molecule has 3 aromatic rings. The molecule has 3 heterocycles. The Morgan fingerprint density at radius 1 is 1.21 bits per heavy atom. The maximum atomic E-state index is 12.3. The lowest BCUT2D eigenvalue weighted by Gasteiger charge is -2.28. The van der Waals surface area contributed by atoms with E-state index in [1.807, 2.05) is 25.2 Å². The van der Waals surface area contributed by atoms with Crippen LogP contribution in [0.25, 0.3) is 11.0 Å². The van der Waals surface area contributed by atoms with Crippen LogP contribution in [0.3, 0.4) is 0 Å². The molecule has 29 heavy (non-hydrogen) atoms. The van der Waals surface area contributed by atoms with Crippen LogP contribution in [0.5, 0.6) is 0 Å². The highest BCUT2D eigenvalue weighted by Gasteiger charge is 2.21. The number of imidazole rings is 1. The highest BCUT2D eigenvalue weighted by molar-refractivity contribution is 5.75. The number of ether oxygens (including phenoxy) is 1. The Labute approximate surface area is 169 Å². The fourth-order valence-corrected chi connectivity index (χ4v) is 3.78. The molecule has 154 valence electrons. The SMILES string of the molecule is CC(C)C(NCc1nc2ccccc2n1C)c1cc(=O)[nH]c(N2CCOCC2)n1. The molecule has 0 amide bonds. The van der Waals surface area contributed by atoms with Crippen molar-refractivity contribution in [1.82, 2.24) is 24.8 Å². The Kier molecular flexibility index (Phi) is 5.64. The summed E-state index contributed by atoms with van der Waals surface area (Å²) < 4.78 is 7.51. The second-order valence-electron chi connectivity index (χ2n) is 7.77. The number of hydrogen-bond acceptors (Lipinski definition) is 6. The van der Waals surface area contributed by atoms with E-state index in [9.17, 15) is 4.79 Å². The van der Waals surface area contributed by atoms with Gasteiger partial charge in [-0.05, 0) is 18.1 Å². The van der Waals surface area contributed by atoms with Crippen LogP contribution < -0.4 is 15.8 Å². The molecule has 0 radical (unpaired) electrons. The summed E-state index contributed by atoms with van der Waals surface area (Å²) in [5.74, 6) is 1.83. The fourth-order valence-electron chi connectivity index (χ4n) is 3.78. The highest BCUT2D eigenvalue weighted by Crippen LogP contribution is 2.22. The summed E-state index contributed by atoms with van der Waals surface area (Å²) in [6.45, 7) is 7.60. The number of nitrogens with zero attached hydrogens (tertiary/aromatic N) is 4. The molecular weight excluding hydrogens is 368 g/mol. The van der Waals surface area contributed by atoms with Gasteiger partial charge in [0.15, 0.2) is 0 Å². The van der Waals surface area contributed by atoms with Gasteiger partial charge in [-0.25, -0.2) is 9.97 Å². The first kappa shape index (κ1) is 19.6. The summed E-state index contributed by atoms with van der Waals surface area (Å²) in [4.78, 5) is 26.8. The smallest absolute Gasteiger partial charge is 0.252 e. The monoisotopic (exact) mass is 396 g/mol. The van der Waals surface area contributed by atoms with Crippen molar-refractivity contribution in [3.05, 3.63) is 52.2 Å². The summed E-state index contributed by atoms with van der Waals surface area (Å²) in [5, 5.41) is 3.57. The zero-order chi connectivity index (χ0) is 20.4. The minimum absolute atomic E-state index is 0.0584. The number of fused-ring (bicyclic) bond motifs is 1. The van der Waals surface area contributed by atoms with E-state index in [4.69, 9.17) is 14.7 Å². The van der Waals surface area contributed by atoms with Crippen LogP contribution in [0.1, 0.15) is 31.4 Å². The molecule has 4 rings (SSSR count). The maximum Gasteiger partial charge on any atom is 0.252 e. The number of anilines is 1. The van der Waals surface area contributed by atoms with E-state index in [-0.39, 0.29) is 17.5 Å². The van der Waals surface area contributed by atoms with Crippen LogP contribution in [-0.2, 0) is 18.3 Å². The summed E-state index contributed by atoms with van der Waals surface area (Å²) in [5.41, 5.74) is 2.71. The molecule has 1 aromatic carbocycles. The van der Waals surface area contributed by atoms with E-state index < -0.39 is 0 Å². The van der Waals surface area contributed by atoms with Crippen molar-refractivity contribution in [3.8, 4) is 0 Å². The van der Waals surface area contributed by atoms with Gasteiger partial charge in [0, 0.05) is 26.2 Å². The van der Waals surface area contributed by atoms with Crippen LogP contribution in [0.15, 0.2) is 35.1 Å². The lowest BCUT2D eigenvalue weighted by molar-refractivity contribution is 0.122. The molecule has 8 heteroatoms. The number of hydrogen-bond donors (Lipinski definition) is 2. The Morgan fingerprint density at radius 3 is 2.69 bits per heavy atom. The van der Waals surface area contributed by atoms with Crippen molar-refractivity contribution < 1.29 is 4.74 Å². The summed E-state index contributed by atoms with van der Waals surface area (Å²) in [6.07, 6.45) is 0. The van der Waals surface area contributed by atoms with Gasteiger partial charge >= 0.3 is 0 Å². The molecule has 0 aliphatic carbocycles. The molecule has 1 aliphatic rings. The average molecular weight is 396 g/mol. The average Bonchev–Trinajstić information content (AvgIpc) is 3.04. The Bertz CT molecular complexity index is 1040. The molecule has 8 nitrogen and oxygen atoms in total. The number of aromatic amines is 1. The number of aryl methyl sites for hydroxylation is 1. The highest BCUT2D eigenvalue weighted by atomic mass is 16.5. The molecule has 1 unspecified atom stereocenters. The molecule has 0 spiro atoms. The minimum Gasteiger partial charge on any atom is -0.378 e. The minimum atomic E-state index is -0.133. The quantitative estimate of drug-likeness (QED) is 0.662. The van der Waals surface area contributed by atoms with E-state index in [2.05, 4.69) is 39.7 Å². The second kappa shape index (κ2) is 8.34. The van der Waals surface area contributed by atoms with Crippen LogP contribution in [0.2, 0.25) is 0 Å². The summed E-state index contributed by atoms with van der Waals surface area (Å²) >= 11 is 0. The predicted octanol–water partition coefficient (Wildman–Crippen LogP) is 1.98. The number of para-hydroxylation sites is 2. The topological polar surface area (TPSA) is 88.1 Å². The van der Waals surface area contributed by atoms with E-state index in [1.165, 1.54) is 0 Å². The number of aromatic nitrogens is 4. The van der Waals surface area contributed by atoms with Crippen LogP contribution >= 0.6 is 0 Å². The van der Waals surface area contributed by atoms with Crippen LogP contribution in [0.4, 0.5) is 5.95 Å². The van der Waals surface area contributed by atoms with Gasteiger partial charge in [-0.2, -0.15) is 0 Å². The number of rotatable bonds is 6. The first-order valence-electron chi connectivity index (χ1n) is 10.1. The standard InChI is InChI=1S/C21H28N6O2/c1-14(2)20(22-13-18-23-15-6-4-5-7-17(15)26(18)3)16-12-19(28)25-21(24-16)27-8-10-29-11-9-27/h4-7,12,14,20,22H,8-11,13H2,1-3H3,(H,24,25,28). The Hall–Kier alpha value is -2.71. The van der Waals surface area contributed by atoms with Gasteiger partial charge in [0.1, 0.15) is 5.82 Å². The van der Waals surface area contributed by atoms with Crippen molar-refractivity contribution in [2.75, 3.05) is 31.2 Å². The van der Waals surface area contributed by atoms with E-state index >= 15 is 0 Å². The van der Waals surface area contributed by atoms with Gasteiger partial charge in [0.05, 0.1) is 42.5 Å². The number of benzene rings is 1. The third-order valence-electron chi connectivity index (χ3n) is 5.40. The maximum absolute atomic E-state index is 12.3. The van der Waals surface area contributed by atoms with Crippen LogP contribution in [0, 0.1) is 5.92 Å². The molecule has 0 saturated carbocycles. The van der Waals surface area contributed by atoms with Crippen molar-refractivity contribution in [2.24, 2.45) is 13.0 Å². The fraction of sp³-hybridized carbons (Fsp3) is 0.476. The first-order chi connectivity index (χ1) is 14.0. The third-order valence-corrected chi connectivity index (χ3v) is 5.40. The van der Waals surface area contributed by atoms with Crippen LogP contribution in [-0.4, -0.2) is 45.8 Å². The number of H-pyrrole nitrogens is 1. The molecular formula is C21H28N6O2. The molecule has 1 aliphatic heterocycles. The lowest BCUT2D eigenvalue weighted by Crippen LogP contribution is -2.39.